The van der Waals surface area contributed by atoms with E-state index in [4.69, 9.17) is 4.74 Å². The van der Waals surface area contributed by atoms with Gasteiger partial charge in [0.05, 0.1) is 18.8 Å². The van der Waals surface area contributed by atoms with Crippen molar-refractivity contribution in [3.8, 4) is 0 Å². The molecule has 1 saturated heterocycles. The van der Waals surface area contributed by atoms with Gasteiger partial charge in [0.2, 0.25) is 0 Å². The van der Waals surface area contributed by atoms with Crippen LogP contribution in [0.25, 0.3) is 0 Å². The van der Waals surface area contributed by atoms with E-state index in [1.165, 1.54) is 32.1 Å². The van der Waals surface area contributed by atoms with Crippen molar-refractivity contribution in [1.29, 1.82) is 0 Å². The SMILES string of the molecule is CCC(O)[C@H](C)[C@@H]1CCCC2CC[C@H](C)OCC21. The molecule has 0 spiro atoms. The Labute approximate surface area is 112 Å². The van der Waals surface area contributed by atoms with Crippen LogP contribution in [0.1, 0.15) is 59.3 Å². The molecule has 2 nitrogen and oxygen atoms in total. The van der Waals surface area contributed by atoms with Crippen molar-refractivity contribution in [2.75, 3.05) is 6.61 Å². The summed E-state index contributed by atoms with van der Waals surface area (Å²) < 4.78 is 5.98. The van der Waals surface area contributed by atoms with Gasteiger partial charge in [-0.2, -0.15) is 0 Å². The Morgan fingerprint density at radius 3 is 2.72 bits per heavy atom. The van der Waals surface area contributed by atoms with Crippen molar-refractivity contribution >= 4 is 0 Å². The largest absolute Gasteiger partial charge is 0.393 e. The van der Waals surface area contributed by atoms with E-state index >= 15 is 0 Å². The highest BCUT2D eigenvalue weighted by Gasteiger charge is 2.39. The fourth-order valence-electron chi connectivity index (χ4n) is 4.13. The Morgan fingerprint density at radius 1 is 1.22 bits per heavy atom. The molecular formula is C16H30O2. The van der Waals surface area contributed by atoms with Crippen molar-refractivity contribution in [2.45, 2.75) is 71.5 Å². The third-order valence-electron chi connectivity index (χ3n) is 5.49. The number of hydrogen-bond acceptors (Lipinski definition) is 2. The second-order valence-corrected chi connectivity index (χ2v) is 6.57. The van der Waals surface area contributed by atoms with Gasteiger partial charge >= 0.3 is 0 Å². The molecule has 2 rings (SSSR count). The minimum absolute atomic E-state index is 0.130. The van der Waals surface area contributed by atoms with E-state index in [1.807, 2.05) is 0 Å². The zero-order valence-corrected chi connectivity index (χ0v) is 12.3. The molecule has 0 bridgehead atoms. The molecule has 1 saturated carbocycles. The van der Waals surface area contributed by atoms with Crippen LogP contribution in [0.15, 0.2) is 0 Å². The standard InChI is InChI=1S/C16H30O2/c1-4-16(17)12(3)14-7-5-6-13-9-8-11(2)18-10-15(13)14/h11-17H,4-10H2,1-3H3/t11-,12+,13?,14-,15?,16?/m0/s1. The minimum atomic E-state index is -0.130. The summed E-state index contributed by atoms with van der Waals surface area (Å²) >= 11 is 0. The van der Waals surface area contributed by atoms with E-state index in [2.05, 4.69) is 20.8 Å². The first-order valence-corrected chi connectivity index (χ1v) is 7.93. The van der Waals surface area contributed by atoms with Crippen LogP contribution in [0.3, 0.4) is 0 Å². The molecule has 6 atom stereocenters. The first-order chi connectivity index (χ1) is 8.63. The van der Waals surface area contributed by atoms with Gasteiger partial charge in [0.15, 0.2) is 0 Å². The zero-order chi connectivity index (χ0) is 13.1. The van der Waals surface area contributed by atoms with Crippen molar-refractivity contribution in [3.63, 3.8) is 0 Å². The van der Waals surface area contributed by atoms with Gasteiger partial charge in [-0.05, 0) is 56.3 Å². The average Bonchev–Trinajstić information content (AvgIpc) is 2.59. The zero-order valence-electron chi connectivity index (χ0n) is 12.3. The van der Waals surface area contributed by atoms with Crippen molar-refractivity contribution in [3.05, 3.63) is 0 Å². The molecule has 1 aliphatic carbocycles. The van der Waals surface area contributed by atoms with E-state index in [0.717, 1.165) is 18.9 Å². The molecule has 0 radical (unpaired) electrons. The Bertz CT molecular complexity index is 251. The molecular weight excluding hydrogens is 224 g/mol. The third kappa shape index (κ3) is 3.08. The fourth-order valence-corrected chi connectivity index (χ4v) is 4.13. The number of ether oxygens (including phenoxy) is 1. The molecule has 0 aromatic heterocycles. The molecule has 106 valence electrons. The number of rotatable bonds is 3. The van der Waals surface area contributed by atoms with Crippen LogP contribution < -0.4 is 0 Å². The molecule has 0 aromatic rings. The first-order valence-electron chi connectivity index (χ1n) is 7.93. The summed E-state index contributed by atoms with van der Waals surface area (Å²) in [5.74, 6) is 2.64. The maximum absolute atomic E-state index is 10.2. The second-order valence-electron chi connectivity index (χ2n) is 6.57. The Balaban J connectivity index is 2.05. The predicted molar refractivity (Wildman–Crippen MR) is 74.4 cm³/mol. The summed E-state index contributed by atoms with van der Waals surface area (Å²) in [6.07, 6.45) is 7.75. The van der Waals surface area contributed by atoms with Crippen molar-refractivity contribution < 1.29 is 9.84 Å². The predicted octanol–water partition coefficient (Wildman–Crippen LogP) is 3.62. The molecule has 1 aliphatic heterocycles. The Kier molecular flexibility index (Phi) is 5.08. The Morgan fingerprint density at radius 2 is 2.00 bits per heavy atom. The summed E-state index contributed by atoms with van der Waals surface area (Å²) in [6.45, 7) is 7.47. The van der Waals surface area contributed by atoms with Crippen LogP contribution in [0.2, 0.25) is 0 Å². The number of fused-ring (bicyclic) bond motifs is 1. The summed E-state index contributed by atoms with van der Waals surface area (Å²) in [7, 11) is 0. The lowest BCUT2D eigenvalue weighted by Gasteiger charge is -2.41. The minimum Gasteiger partial charge on any atom is -0.393 e. The van der Waals surface area contributed by atoms with E-state index in [0.29, 0.717) is 23.9 Å². The highest BCUT2D eigenvalue weighted by atomic mass is 16.5. The lowest BCUT2D eigenvalue weighted by atomic mass is 9.65. The third-order valence-corrected chi connectivity index (χ3v) is 5.49. The molecule has 18 heavy (non-hydrogen) atoms. The van der Waals surface area contributed by atoms with Gasteiger partial charge in [0.1, 0.15) is 0 Å². The van der Waals surface area contributed by atoms with E-state index in [1.54, 1.807) is 0 Å². The first kappa shape index (κ1) is 14.3. The molecule has 2 aliphatic rings. The summed E-state index contributed by atoms with van der Waals surface area (Å²) in [5.41, 5.74) is 0. The summed E-state index contributed by atoms with van der Waals surface area (Å²) in [4.78, 5) is 0. The van der Waals surface area contributed by atoms with Gasteiger partial charge in [0.25, 0.3) is 0 Å². The summed E-state index contributed by atoms with van der Waals surface area (Å²) in [5, 5.41) is 10.2. The lowest BCUT2D eigenvalue weighted by molar-refractivity contribution is -0.0213. The van der Waals surface area contributed by atoms with Gasteiger partial charge in [-0.1, -0.05) is 26.7 Å². The highest BCUT2D eigenvalue weighted by Crippen LogP contribution is 2.44. The normalized spacial score (nSPS) is 40.7. The van der Waals surface area contributed by atoms with E-state index < -0.39 is 0 Å². The van der Waals surface area contributed by atoms with Crippen LogP contribution in [0.5, 0.6) is 0 Å². The molecule has 3 unspecified atom stereocenters. The Hall–Kier alpha value is -0.0800. The van der Waals surface area contributed by atoms with Gasteiger partial charge in [-0.25, -0.2) is 0 Å². The molecule has 0 aromatic carbocycles. The monoisotopic (exact) mass is 254 g/mol. The van der Waals surface area contributed by atoms with Crippen LogP contribution >= 0.6 is 0 Å². The second kappa shape index (κ2) is 6.38. The fraction of sp³-hybridized carbons (Fsp3) is 1.00. The maximum Gasteiger partial charge on any atom is 0.0565 e. The number of aliphatic hydroxyl groups is 1. The maximum atomic E-state index is 10.2. The van der Waals surface area contributed by atoms with Gasteiger partial charge in [0, 0.05) is 0 Å². The average molecular weight is 254 g/mol. The number of hydrogen-bond donors (Lipinski definition) is 1. The highest BCUT2D eigenvalue weighted by molar-refractivity contribution is 4.88. The van der Waals surface area contributed by atoms with Crippen LogP contribution in [-0.2, 0) is 4.74 Å². The molecule has 2 heteroatoms. The molecule has 0 amide bonds. The van der Waals surface area contributed by atoms with Crippen molar-refractivity contribution in [2.24, 2.45) is 23.7 Å². The molecule has 1 heterocycles. The van der Waals surface area contributed by atoms with Gasteiger partial charge in [-0.3, -0.25) is 0 Å². The number of aliphatic hydroxyl groups excluding tert-OH is 1. The smallest absolute Gasteiger partial charge is 0.0565 e. The van der Waals surface area contributed by atoms with Crippen LogP contribution in [0, 0.1) is 23.7 Å². The molecule has 2 fully saturated rings. The molecule has 1 N–H and O–H groups in total. The quantitative estimate of drug-likeness (QED) is 0.833. The van der Waals surface area contributed by atoms with Crippen LogP contribution in [0.4, 0.5) is 0 Å². The van der Waals surface area contributed by atoms with E-state index in [-0.39, 0.29) is 6.10 Å². The van der Waals surface area contributed by atoms with Gasteiger partial charge in [-0.15, -0.1) is 0 Å². The lowest BCUT2D eigenvalue weighted by Crippen LogP contribution is -2.38. The van der Waals surface area contributed by atoms with Crippen molar-refractivity contribution in [1.82, 2.24) is 0 Å². The topological polar surface area (TPSA) is 29.5 Å². The van der Waals surface area contributed by atoms with Gasteiger partial charge < -0.3 is 9.84 Å². The van der Waals surface area contributed by atoms with E-state index in [9.17, 15) is 5.11 Å². The van der Waals surface area contributed by atoms with Crippen LogP contribution in [-0.4, -0.2) is 23.9 Å². The summed E-state index contributed by atoms with van der Waals surface area (Å²) in [6, 6.07) is 0.